The second kappa shape index (κ2) is 10.7. The van der Waals surface area contributed by atoms with E-state index in [4.69, 9.17) is 9.47 Å². The fourth-order valence-electron chi connectivity index (χ4n) is 2.90. The number of carbonyl (C=O) groups is 3. The van der Waals surface area contributed by atoms with Crippen molar-refractivity contribution in [1.29, 1.82) is 0 Å². The molecule has 0 saturated carbocycles. The zero-order chi connectivity index (χ0) is 21.3. The number of nitrogens with zero attached hydrogens (tertiary/aromatic N) is 1. The van der Waals surface area contributed by atoms with Crippen LogP contribution in [0.5, 0.6) is 0 Å². The molecular weight excluding hydrogens is 406 g/mol. The van der Waals surface area contributed by atoms with E-state index in [2.05, 4.69) is 15.5 Å². The van der Waals surface area contributed by atoms with Gasteiger partial charge in [-0.2, -0.15) is 0 Å². The quantitative estimate of drug-likeness (QED) is 0.623. The van der Waals surface area contributed by atoms with Gasteiger partial charge in [-0.3, -0.25) is 14.4 Å². The summed E-state index contributed by atoms with van der Waals surface area (Å²) in [4.78, 5) is 38.8. The highest BCUT2D eigenvalue weighted by molar-refractivity contribution is 7.12. The van der Waals surface area contributed by atoms with E-state index in [-0.39, 0.29) is 18.9 Å². The zero-order valence-corrected chi connectivity index (χ0v) is 17.6. The van der Waals surface area contributed by atoms with E-state index in [9.17, 15) is 14.4 Å². The molecule has 2 amide bonds. The number of amides is 2. The number of ether oxygens (including phenoxy) is 2. The minimum atomic E-state index is -0.940. The smallest absolute Gasteiger partial charge is 0.308 e. The molecule has 1 aliphatic rings. The highest BCUT2D eigenvalue weighted by Crippen LogP contribution is 2.19. The maximum atomic E-state index is 12.3. The Bertz CT molecular complexity index is 848. The summed E-state index contributed by atoms with van der Waals surface area (Å²) in [5.74, 6) is -1.19. The summed E-state index contributed by atoms with van der Waals surface area (Å²) in [5, 5.41) is 7.20. The first-order valence-electron chi connectivity index (χ1n) is 9.78. The molecule has 1 aliphatic heterocycles. The average Bonchev–Trinajstić information content (AvgIpc) is 3.30. The fourth-order valence-corrected chi connectivity index (χ4v) is 3.54. The molecule has 8 nitrogen and oxygen atoms in total. The van der Waals surface area contributed by atoms with E-state index in [0.29, 0.717) is 23.8 Å². The third-order valence-electron chi connectivity index (χ3n) is 4.55. The van der Waals surface area contributed by atoms with Crippen LogP contribution in [-0.2, 0) is 19.1 Å². The molecule has 2 heterocycles. The van der Waals surface area contributed by atoms with Gasteiger partial charge in [0.2, 0.25) is 0 Å². The third-order valence-corrected chi connectivity index (χ3v) is 5.42. The third kappa shape index (κ3) is 6.30. The van der Waals surface area contributed by atoms with Gasteiger partial charge in [-0.25, -0.2) is 0 Å². The molecule has 0 radical (unpaired) electrons. The normalized spacial score (nSPS) is 14.6. The SMILES string of the molecule is CC(OC(=O)CCNC(=O)c1cccs1)C(=O)Nc1ccc(N2CCOCC2)cc1. The zero-order valence-electron chi connectivity index (χ0n) is 16.8. The summed E-state index contributed by atoms with van der Waals surface area (Å²) in [5.41, 5.74) is 1.70. The van der Waals surface area contributed by atoms with Gasteiger partial charge in [0.05, 0.1) is 24.5 Å². The first-order valence-corrected chi connectivity index (χ1v) is 10.7. The highest BCUT2D eigenvalue weighted by atomic mass is 32.1. The number of anilines is 2. The molecule has 0 bridgehead atoms. The summed E-state index contributed by atoms with van der Waals surface area (Å²) < 4.78 is 10.5. The first kappa shape index (κ1) is 21.8. The van der Waals surface area contributed by atoms with Crippen molar-refractivity contribution in [2.45, 2.75) is 19.4 Å². The van der Waals surface area contributed by atoms with Crippen LogP contribution in [0.15, 0.2) is 41.8 Å². The Morgan fingerprint density at radius 2 is 1.90 bits per heavy atom. The van der Waals surface area contributed by atoms with Gasteiger partial charge in [-0.05, 0) is 42.6 Å². The van der Waals surface area contributed by atoms with Crippen LogP contribution >= 0.6 is 11.3 Å². The number of thiophene rings is 1. The molecule has 1 unspecified atom stereocenters. The molecule has 2 aromatic rings. The Morgan fingerprint density at radius 3 is 2.57 bits per heavy atom. The molecular formula is C21H25N3O5S. The lowest BCUT2D eigenvalue weighted by molar-refractivity contribution is -0.153. The molecule has 3 rings (SSSR count). The summed E-state index contributed by atoms with van der Waals surface area (Å²) >= 11 is 1.32. The largest absolute Gasteiger partial charge is 0.452 e. The number of carbonyl (C=O) groups excluding carboxylic acids is 3. The van der Waals surface area contributed by atoms with E-state index in [1.54, 1.807) is 17.5 Å². The van der Waals surface area contributed by atoms with Crippen LogP contribution in [0.4, 0.5) is 11.4 Å². The lowest BCUT2D eigenvalue weighted by atomic mass is 10.2. The Kier molecular flexibility index (Phi) is 7.81. The molecule has 1 fully saturated rings. The van der Waals surface area contributed by atoms with Crippen LogP contribution in [0.25, 0.3) is 0 Å². The van der Waals surface area contributed by atoms with Crippen LogP contribution in [0, 0.1) is 0 Å². The number of benzene rings is 1. The lowest BCUT2D eigenvalue weighted by Crippen LogP contribution is -2.36. The molecule has 1 aromatic heterocycles. The Balaban J connectivity index is 1.39. The maximum Gasteiger partial charge on any atom is 0.308 e. The second-order valence-corrected chi connectivity index (χ2v) is 7.70. The number of hydrogen-bond acceptors (Lipinski definition) is 7. The van der Waals surface area contributed by atoms with Gasteiger partial charge < -0.3 is 25.0 Å². The first-order chi connectivity index (χ1) is 14.5. The van der Waals surface area contributed by atoms with Gasteiger partial charge in [0.15, 0.2) is 6.10 Å². The number of morpholine rings is 1. The van der Waals surface area contributed by atoms with Gasteiger partial charge in [0, 0.05) is 31.0 Å². The van der Waals surface area contributed by atoms with Crippen molar-refractivity contribution in [2.24, 2.45) is 0 Å². The van der Waals surface area contributed by atoms with Crippen LogP contribution in [-0.4, -0.2) is 56.7 Å². The Morgan fingerprint density at radius 1 is 1.17 bits per heavy atom. The van der Waals surface area contributed by atoms with Crippen molar-refractivity contribution in [3.63, 3.8) is 0 Å². The van der Waals surface area contributed by atoms with E-state index >= 15 is 0 Å². The number of esters is 1. The molecule has 160 valence electrons. The Labute approximate surface area is 179 Å². The van der Waals surface area contributed by atoms with Crippen molar-refractivity contribution in [3.8, 4) is 0 Å². The topological polar surface area (TPSA) is 97.0 Å². The van der Waals surface area contributed by atoms with Gasteiger partial charge in [-0.1, -0.05) is 6.07 Å². The second-order valence-electron chi connectivity index (χ2n) is 6.75. The van der Waals surface area contributed by atoms with Crippen LogP contribution in [0.3, 0.4) is 0 Å². The maximum absolute atomic E-state index is 12.3. The van der Waals surface area contributed by atoms with Gasteiger partial charge in [-0.15, -0.1) is 11.3 Å². The Hall–Kier alpha value is -2.91. The highest BCUT2D eigenvalue weighted by Gasteiger charge is 2.18. The number of hydrogen-bond donors (Lipinski definition) is 2. The molecule has 30 heavy (non-hydrogen) atoms. The van der Waals surface area contributed by atoms with E-state index in [1.165, 1.54) is 18.3 Å². The minimum Gasteiger partial charge on any atom is -0.452 e. The van der Waals surface area contributed by atoms with Crippen LogP contribution in [0.2, 0.25) is 0 Å². The number of rotatable bonds is 8. The molecule has 0 aliphatic carbocycles. The molecule has 1 atom stereocenters. The molecule has 0 spiro atoms. The predicted octanol–water partition coefficient (Wildman–Crippen LogP) is 2.28. The van der Waals surface area contributed by atoms with Crippen LogP contribution in [0.1, 0.15) is 23.0 Å². The summed E-state index contributed by atoms with van der Waals surface area (Å²) in [6.07, 6.45) is -0.951. The van der Waals surface area contributed by atoms with Gasteiger partial charge in [0.1, 0.15) is 0 Å². The fraction of sp³-hybridized carbons (Fsp3) is 0.381. The standard InChI is InChI=1S/C21H25N3O5S/c1-15(29-19(25)8-9-22-21(27)18-3-2-14-30-18)20(26)23-16-4-6-17(7-5-16)24-10-12-28-13-11-24/h2-7,14-15H,8-13H2,1H3,(H,22,27)(H,23,26). The van der Waals surface area contributed by atoms with Crippen molar-refractivity contribution in [3.05, 3.63) is 46.7 Å². The molecule has 1 saturated heterocycles. The van der Waals surface area contributed by atoms with E-state index in [0.717, 1.165) is 18.8 Å². The molecule has 9 heteroatoms. The van der Waals surface area contributed by atoms with Crippen molar-refractivity contribution in [1.82, 2.24) is 5.32 Å². The summed E-state index contributed by atoms with van der Waals surface area (Å²) in [6.45, 7) is 4.75. The van der Waals surface area contributed by atoms with E-state index in [1.807, 2.05) is 24.3 Å². The van der Waals surface area contributed by atoms with Gasteiger partial charge >= 0.3 is 5.97 Å². The average molecular weight is 432 g/mol. The summed E-state index contributed by atoms with van der Waals surface area (Å²) in [6, 6.07) is 11.0. The van der Waals surface area contributed by atoms with E-state index < -0.39 is 18.0 Å². The predicted molar refractivity (Wildman–Crippen MR) is 115 cm³/mol. The van der Waals surface area contributed by atoms with Gasteiger partial charge in [0.25, 0.3) is 11.8 Å². The van der Waals surface area contributed by atoms with Crippen molar-refractivity contribution >= 4 is 40.5 Å². The van der Waals surface area contributed by atoms with Crippen LogP contribution < -0.4 is 15.5 Å². The van der Waals surface area contributed by atoms with Crippen molar-refractivity contribution in [2.75, 3.05) is 43.1 Å². The van der Waals surface area contributed by atoms with Crippen molar-refractivity contribution < 1.29 is 23.9 Å². The molecule has 2 N–H and O–H groups in total. The minimum absolute atomic E-state index is 0.0109. The monoisotopic (exact) mass is 431 g/mol. The number of nitrogens with one attached hydrogen (secondary N) is 2. The summed E-state index contributed by atoms with van der Waals surface area (Å²) in [7, 11) is 0. The lowest BCUT2D eigenvalue weighted by Gasteiger charge is -2.28. The molecule has 1 aromatic carbocycles.